The van der Waals surface area contributed by atoms with Crippen LogP contribution in [0.25, 0.3) is 0 Å². The number of imide groups is 1. The van der Waals surface area contributed by atoms with E-state index in [0.29, 0.717) is 18.0 Å². The van der Waals surface area contributed by atoms with E-state index in [1.54, 1.807) is 4.90 Å². The monoisotopic (exact) mass is 282 g/mol. The summed E-state index contributed by atoms with van der Waals surface area (Å²) in [7, 11) is 0. The minimum Gasteiger partial charge on any atom is -0.312 e. The molecule has 0 saturated carbocycles. The topological polar surface area (TPSA) is 40.6 Å². The second-order valence-electron chi connectivity index (χ2n) is 4.79. The van der Waals surface area contributed by atoms with E-state index in [4.69, 9.17) is 11.6 Å². The van der Waals surface area contributed by atoms with Crippen molar-refractivity contribution in [3.63, 3.8) is 0 Å². The quantitative estimate of drug-likeness (QED) is 0.782. The molecule has 1 aromatic rings. The van der Waals surface area contributed by atoms with Gasteiger partial charge in [-0.2, -0.15) is 0 Å². The Balaban J connectivity index is 1.86. The van der Waals surface area contributed by atoms with Crippen LogP contribution in [0.4, 0.5) is 9.18 Å². The summed E-state index contributed by atoms with van der Waals surface area (Å²) in [6.45, 7) is 0.542. The zero-order valence-electron chi connectivity index (χ0n) is 10.1. The molecule has 19 heavy (non-hydrogen) atoms. The number of nitrogens with zero attached hydrogens (tertiary/aromatic N) is 2. The van der Waals surface area contributed by atoms with Crippen molar-refractivity contribution < 1.29 is 14.0 Å². The second kappa shape index (κ2) is 4.49. The summed E-state index contributed by atoms with van der Waals surface area (Å²) in [5.74, 6) is -0.695. The molecule has 2 aliphatic heterocycles. The lowest BCUT2D eigenvalue weighted by Crippen LogP contribution is -2.32. The van der Waals surface area contributed by atoms with Gasteiger partial charge in [0.05, 0.1) is 6.54 Å². The van der Waals surface area contributed by atoms with E-state index in [1.165, 1.54) is 18.2 Å². The molecule has 3 rings (SSSR count). The number of hydrogen-bond donors (Lipinski definition) is 0. The standard InChI is InChI=1S/C13H12ClFN2O2/c14-9-3-4-10(15)8(6-9)7-17-12(18)11-2-1-5-16(11)13(17)19/h3-4,6,11H,1-2,5,7H2. The van der Waals surface area contributed by atoms with E-state index in [-0.39, 0.29) is 30.1 Å². The third kappa shape index (κ3) is 1.98. The maximum atomic E-state index is 13.6. The first-order chi connectivity index (χ1) is 9.08. The van der Waals surface area contributed by atoms with Gasteiger partial charge in [0, 0.05) is 17.1 Å². The minimum absolute atomic E-state index is 0.0585. The van der Waals surface area contributed by atoms with Crippen LogP contribution in [0.5, 0.6) is 0 Å². The molecule has 0 N–H and O–H groups in total. The smallest absolute Gasteiger partial charge is 0.312 e. The average molecular weight is 283 g/mol. The van der Waals surface area contributed by atoms with Crippen molar-refractivity contribution in [1.29, 1.82) is 0 Å². The number of carbonyl (C=O) groups is 2. The number of hydrogen-bond acceptors (Lipinski definition) is 2. The summed E-state index contributed by atoms with van der Waals surface area (Å²) in [6, 6.07) is 3.44. The van der Waals surface area contributed by atoms with Gasteiger partial charge in [0.2, 0.25) is 0 Å². The molecule has 2 fully saturated rings. The van der Waals surface area contributed by atoms with Crippen LogP contribution in [-0.2, 0) is 11.3 Å². The highest BCUT2D eigenvalue weighted by Crippen LogP contribution is 2.29. The molecule has 6 heteroatoms. The van der Waals surface area contributed by atoms with Gasteiger partial charge in [-0.15, -0.1) is 0 Å². The van der Waals surface area contributed by atoms with Crippen LogP contribution < -0.4 is 0 Å². The third-order valence-corrected chi connectivity index (χ3v) is 3.85. The maximum Gasteiger partial charge on any atom is 0.327 e. The normalized spacial score (nSPS) is 22.3. The van der Waals surface area contributed by atoms with Crippen LogP contribution in [0.1, 0.15) is 18.4 Å². The lowest BCUT2D eigenvalue weighted by Gasteiger charge is -2.16. The predicted molar refractivity (Wildman–Crippen MR) is 67.1 cm³/mol. The maximum absolute atomic E-state index is 13.6. The summed E-state index contributed by atoms with van der Waals surface area (Å²) < 4.78 is 13.6. The molecule has 0 aliphatic carbocycles. The van der Waals surface area contributed by atoms with E-state index < -0.39 is 5.82 Å². The highest BCUT2D eigenvalue weighted by Gasteiger charge is 2.47. The minimum atomic E-state index is -0.461. The third-order valence-electron chi connectivity index (χ3n) is 3.62. The van der Waals surface area contributed by atoms with E-state index >= 15 is 0 Å². The lowest BCUT2D eigenvalue weighted by molar-refractivity contribution is -0.128. The number of carbonyl (C=O) groups excluding carboxylic acids is 2. The van der Waals surface area contributed by atoms with Crippen molar-refractivity contribution in [1.82, 2.24) is 9.80 Å². The molecule has 0 radical (unpaired) electrons. The molecule has 2 heterocycles. The molecular weight excluding hydrogens is 271 g/mol. The average Bonchev–Trinajstić information content (AvgIpc) is 2.94. The molecule has 0 spiro atoms. The van der Waals surface area contributed by atoms with Gasteiger partial charge in [-0.05, 0) is 31.0 Å². The van der Waals surface area contributed by atoms with Crippen LogP contribution in [0.3, 0.4) is 0 Å². The van der Waals surface area contributed by atoms with Crippen LogP contribution in [0.2, 0.25) is 5.02 Å². The Morgan fingerprint density at radius 1 is 1.37 bits per heavy atom. The zero-order chi connectivity index (χ0) is 13.6. The Morgan fingerprint density at radius 2 is 2.16 bits per heavy atom. The molecule has 2 aliphatic rings. The van der Waals surface area contributed by atoms with Gasteiger partial charge in [-0.3, -0.25) is 9.69 Å². The predicted octanol–water partition coefficient (Wildman–Crippen LogP) is 2.41. The van der Waals surface area contributed by atoms with E-state index in [2.05, 4.69) is 0 Å². The Labute approximate surface area is 114 Å². The van der Waals surface area contributed by atoms with Crippen LogP contribution in [0, 0.1) is 5.82 Å². The summed E-state index contributed by atoms with van der Waals surface area (Å²) in [6.07, 6.45) is 1.54. The number of fused-ring (bicyclic) bond motifs is 1. The van der Waals surface area contributed by atoms with Gasteiger partial charge in [0.15, 0.2) is 0 Å². The lowest BCUT2D eigenvalue weighted by atomic mass is 10.2. The Bertz CT molecular complexity index is 542. The molecule has 0 aromatic heterocycles. The fourth-order valence-electron chi connectivity index (χ4n) is 2.66. The first-order valence-electron chi connectivity index (χ1n) is 6.14. The van der Waals surface area contributed by atoms with Crippen molar-refractivity contribution in [2.75, 3.05) is 6.54 Å². The van der Waals surface area contributed by atoms with Gasteiger partial charge in [0.1, 0.15) is 11.9 Å². The molecule has 1 unspecified atom stereocenters. The number of amides is 3. The molecule has 1 atom stereocenters. The fraction of sp³-hybridized carbons (Fsp3) is 0.385. The van der Waals surface area contributed by atoms with Crippen molar-refractivity contribution >= 4 is 23.5 Å². The molecule has 0 bridgehead atoms. The van der Waals surface area contributed by atoms with Crippen molar-refractivity contribution in [2.45, 2.75) is 25.4 Å². The largest absolute Gasteiger partial charge is 0.327 e. The van der Waals surface area contributed by atoms with Gasteiger partial charge in [0.25, 0.3) is 5.91 Å². The van der Waals surface area contributed by atoms with E-state index in [1.807, 2.05) is 0 Å². The van der Waals surface area contributed by atoms with Gasteiger partial charge in [-0.25, -0.2) is 9.18 Å². The number of urea groups is 1. The fourth-order valence-corrected chi connectivity index (χ4v) is 2.86. The molecule has 100 valence electrons. The SMILES string of the molecule is O=C1C2CCCN2C(=O)N1Cc1cc(Cl)ccc1F. The van der Waals surface area contributed by atoms with Crippen LogP contribution in [0.15, 0.2) is 18.2 Å². The molecular formula is C13H12ClFN2O2. The molecule has 4 nitrogen and oxygen atoms in total. The number of benzene rings is 1. The molecule has 2 saturated heterocycles. The highest BCUT2D eigenvalue weighted by molar-refractivity contribution is 6.30. The van der Waals surface area contributed by atoms with E-state index in [0.717, 1.165) is 11.3 Å². The molecule has 3 amide bonds. The van der Waals surface area contributed by atoms with Gasteiger partial charge >= 0.3 is 6.03 Å². The Morgan fingerprint density at radius 3 is 2.89 bits per heavy atom. The summed E-state index contributed by atoms with van der Waals surface area (Å²) in [5, 5.41) is 0.385. The summed E-state index contributed by atoms with van der Waals surface area (Å²) >= 11 is 5.81. The number of halogens is 2. The Kier molecular flexibility index (Phi) is 2.93. The summed E-state index contributed by atoms with van der Waals surface area (Å²) in [5.41, 5.74) is 0.260. The first-order valence-corrected chi connectivity index (χ1v) is 6.51. The van der Waals surface area contributed by atoms with Crippen LogP contribution >= 0.6 is 11.6 Å². The van der Waals surface area contributed by atoms with Crippen molar-refractivity contribution in [3.05, 3.63) is 34.6 Å². The zero-order valence-corrected chi connectivity index (χ0v) is 10.9. The van der Waals surface area contributed by atoms with Crippen molar-refractivity contribution in [3.8, 4) is 0 Å². The Hall–Kier alpha value is -1.62. The van der Waals surface area contributed by atoms with Gasteiger partial charge < -0.3 is 4.90 Å². The summed E-state index contributed by atoms with van der Waals surface area (Å²) in [4.78, 5) is 26.8. The molecule has 1 aromatic carbocycles. The van der Waals surface area contributed by atoms with Gasteiger partial charge in [-0.1, -0.05) is 11.6 Å². The van der Waals surface area contributed by atoms with Crippen LogP contribution in [-0.4, -0.2) is 34.3 Å². The highest BCUT2D eigenvalue weighted by atomic mass is 35.5. The van der Waals surface area contributed by atoms with E-state index in [9.17, 15) is 14.0 Å². The van der Waals surface area contributed by atoms with Crippen molar-refractivity contribution in [2.24, 2.45) is 0 Å². The number of rotatable bonds is 2. The first kappa shape index (κ1) is 12.4. The second-order valence-corrected chi connectivity index (χ2v) is 5.23.